The van der Waals surface area contributed by atoms with Gasteiger partial charge >= 0.3 is 0 Å². The summed E-state index contributed by atoms with van der Waals surface area (Å²) >= 11 is 6.82. The van der Waals surface area contributed by atoms with E-state index in [4.69, 9.17) is 10.5 Å². The molecule has 106 valence electrons. The van der Waals surface area contributed by atoms with Crippen molar-refractivity contribution in [3.8, 4) is 5.75 Å². The highest BCUT2D eigenvalue weighted by atomic mass is 79.9. The Labute approximate surface area is 134 Å². The summed E-state index contributed by atoms with van der Waals surface area (Å²) in [6, 6.07) is 10.4. The number of halogens is 3. The number of benzene rings is 2. The van der Waals surface area contributed by atoms with Crippen molar-refractivity contribution >= 4 is 31.9 Å². The molecule has 0 saturated carbocycles. The molecule has 2 aromatic carbocycles. The fraction of sp³-hybridized carbons (Fsp3) is 0.200. The Hall–Kier alpha value is -0.910. The molecule has 0 aliphatic carbocycles. The Balaban J connectivity index is 2.18. The van der Waals surface area contributed by atoms with Crippen LogP contribution in [0.5, 0.6) is 5.75 Å². The van der Waals surface area contributed by atoms with Crippen molar-refractivity contribution < 1.29 is 9.13 Å². The van der Waals surface area contributed by atoms with Crippen LogP contribution in [0, 0.1) is 5.82 Å². The van der Waals surface area contributed by atoms with Crippen LogP contribution in [0.1, 0.15) is 11.1 Å². The Morgan fingerprint density at radius 3 is 2.55 bits per heavy atom. The monoisotopic (exact) mass is 401 g/mol. The molecule has 20 heavy (non-hydrogen) atoms. The maximum atomic E-state index is 13.0. The normalized spacial score (nSPS) is 10.6. The zero-order chi connectivity index (χ0) is 14.5. The summed E-state index contributed by atoms with van der Waals surface area (Å²) in [5.41, 5.74) is 7.55. The van der Waals surface area contributed by atoms with Crippen molar-refractivity contribution in [2.75, 3.05) is 6.54 Å². The summed E-state index contributed by atoms with van der Waals surface area (Å²) in [5, 5.41) is 0. The minimum absolute atomic E-state index is 0.273. The minimum atomic E-state index is -0.273. The second-order valence-electron chi connectivity index (χ2n) is 4.29. The molecule has 0 saturated heterocycles. The highest BCUT2D eigenvalue weighted by molar-refractivity contribution is 9.10. The second-order valence-corrected chi connectivity index (χ2v) is 6.00. The average molecular weight is 403 g/mol. The van der Waals surface area contributed by atoms with Gasteiger partial charge in [-0.05, 0) is 52.7 Å². The first-order chi connectivity index (χ1) is 9.61. The molecular formula is C15H14Br2FNO. The van der Waals surface area contributed by atoms with E-state index in [-0.39, 0.29) is 5.82 Å². The number of hydrogen-bond donors (Lipinski definition) is 1. The molecule has 0 aromatic heterocycles. The molecule has 0 fully saturated rings. The number of rotatable bonds is 5. The molecule has 5 heteroatoms. The molecule has 0 spiro atoms. The van der Waals surface area contributed by atoms with E-state index in [0.717, 1.165) is 27.8 Å². The van der Waals surface area contributed by atoms with Gasteiger partial charge in [0.1, 0.15) is 18.2 Å². The van der Waals surface area contributed by atoms with Crippen molar-refractivity contribution in [1.29, 1.82) is 0 Å². The summed E-state index contributed by atoms with van der Waals surface area (Å²) in [5.74, 6) is 0.513. The van der Waals surface area contributed by atoms with Gasteiger partial charge in [-0.25, -0.2) is 4.39 Å². The van der Waals surface area contributed by atoms with Crippen molar-refractivity contribution in [1.82, 2.24) is 0 Å². The van der Waals surface area contributed by atoms with Crippen LogP contribution in [-0.2, 0) is 13.0 Å². The highest BCUT2D eigenvalue weighted by Crippen LogP contribution is 2.31. The molecule has 2 rings (SSSR count). The van der Waals surface area contributed by atoms with E-state index in [9.17, 15) is 4.39 Å². The van der Waals surface area contributed by atoms with E-state index >= 15 is 0 Å². The van der Waals surface area contributed by atoms with Crippen LogP contribution in [0.25, 0.3) is 0 Å². The fourth-order valence-corrected chi connectivity index (χ4v) is 2.84. The Bertz CT molecular complexity index is 604. The zero-order valence-corrected chi connectivity index (χ0v) is 13.9. The summed E-state index contributed by atoms with van der Waals surface area (Å²) in [6.45, 7) is 0.925. The van der Waals surface area contributed by atoms with Crippen molar-refractivity contribution in [3.63, 3.8) is 0 Å². The van der Waals surface area contributed by atoms with Crippen molar-refractivity contribution in [2.45, 2.75) is 13.0 Å². The standard InChI is InChI=1S/C15H14Br2FNO/c16-13-3-1-2-10(6-7-19)15(13)20-9-11-4-5-12(18)8-14(11)17/h1-5,8H,6-7,9,19H2. The Morgan fingerprint density at radius 1 is 1.05 bits per heavy atom. The van der Waals surface area contributed by atoms with E-state index in [1.165, 1.54) is 12.1 Å². The summed E-state index contributed by atoms with van der Waals surface area (Å²) in [7, 11) is 0. The lowest BCUT2D eigenvalue weighted by Crippen LogP contribution is -2.06. The van der Waals surface area contributed by atoms with Crippen LogP contribution < -0.4 is 10.5 Å². The molecule has 0 heterocycles. The molecule has 2 nitrogen and oxygen atoms in total. The van der Waals surface area contributed by atoms with Crippen LogP contribution in [-0.4, -0.2) is 6.54 Å². The van der Waals surface area contributed by atoms with Gasteiger partial charge in [-0.2, -0.15) is 0 Å². The summed E-state index contributed by atoms with van der Waals surface area (Å²) < 4.78 is 20.5. The number of nitrogens with two attached hydrogens (primary N) is 1. The lowest BCUT2D eigenvalue weighted by molar-refractivity contribution is 0.300. The maximum absolute atomic E-state index is 13.0. The predicted molar refractivity (Wildman–Crippen MR) is 85.3 cm³/mol. The third-order valence-electron chi connectivity index (χ3n) is 2.85. The highest BCUT2D eigenvalue weighted by Gasteiger charge is 2.09. The van der Waals surface area contributed by atoms with Gasteiger partial charge in [0.05, 0.1) is 4.47 Å². The lowest BCUT2D eigenvalue weighted by atomic mass is 10.1. The molecule has 0 bridgehead atoms. The van der Waals surface area contributed by atoms with Crippen LogP contribution in [0.4, 0.5) is 4.39 Å². The lowest BCUT2D eigenvalue weighted by Gasteiger charge is -2.13. The number of para-hydroxylation sites is 1. The molecule has 0 aliphatic rings. The van der Waals surface area contributed by atoms with Crippen molar-refractivity contribution in [2.24, 2.45) is 5.73 Å². The topological polar surface area (TPSA) is 35.2 Å². The van der Waals surface area contributed by atoms with E-state index in [0.29, 0.717) is 17.6 Å². The quantitative estimate of drug-likeness (QED) is 0.802. The third kappa shape index (κ3) is 3.81. The molecule has 2 N–H and O–H groups in total. The summed E-state index contributed by atoms with van der Waals surface area (Å²) in [4.78, 5) is 0. The summed E-state index contributed by atoms with van der Waals surface area (Å²) in [6.07, 6.45) is 0.749. The first kappa shape index (κ1) is 15.5. The van der Waals surface area contributed by atoms with Crippen molar-refractivity contribution in [3.05, 3.63) is 62.3 Å². The molecule has 2 aromatic rings. The SMILES string of the molecule is NCCc1cccc(Br)c1OCc1ccc(F)cc1Br. The van der Waals surface area contributed by atoms with Crippen LogP contribution in [0.3, 0.4) is 0 Å². The molecule has 0 amide bonds. The van der Waals surface area contributed by atoms with Crippen LogP contribution in [0.2, 0.25) is 0 Å². The van der Waals surface area contributed by atoms with E-state index in [2.05, 4.69) is 31.9 Å². The largest absolute Gasteiger partial charge is 0.487 e. The van der Waals surface area contributed by atoms with Crippen LogP contribution in [0.15, 0.2) is 45.3 Å². The van der Waals surface area contributed by atoms with E-state index in [1.54, 1.807) is 6.07 Å². The van der Waals surface area contributed by atoms with E-state index in [1.807, 2.05) is 18.2 Å². The maximum Gasteiger partial charge on any atom is 0.137 e. The minimum Gasteiger partial charge on any atom is -0.487 e. The van der Waals surface area contributed by atoms with Gasteiger partial charge in [0, 0.05) is 10.0 Å². The number of ether oxygens (including phenoxy) is 1. The van der Waals surface area contributed by atoms with Gasteiger partial charge in [0.2, 0.25) is 0 Å². The third-order valence-corrected chi connectivity index (χ3v) is 4.21. The molecule has 0 atom stereocenters. The second kappa shape index (κ2) is 7.20. The fourth-order valence-electron chi connectivity index (χ4n) is 1.86. The van der Waals surface area contributed by atoms with E-state index < -0.39 is 0 Å². The van der Waals surface area contributed by atoms with Gasteiger partial charge in [-0.15, -0.1) is 0 Å². The number of hydrogen-bond acceptors (Lipinski definition) is 2. The van der Waals surface area contributed by atoms with Gasteiger partial charge in [-0.1, -0.05) is 34.1 Å². The van der Waals surface area contributed by atoms with Gasteiger partial charge in [0.15, 0.2) is 0 Å². The van der Waals surface area contributed by atoms with Gasteiger partial charge in [-0.3, -0.25) is 0 Å². The first-order valence-corrected chi connectivity index (χ1v) is 7.74. The average Bonchev–Trinajstić information content (AvgIpc) is 2.40. The molecule has 0 radical (unpaired) electrons. The molecule has 0 aliphatic heterocycles. The van der Waals surface area contributed by atoms with Gasteiger partial charge < -0.3 is 10.5 Å². The molecule has 0 unspecified atom stereocenters. The smallest absolute Gasteiger partial charge is 0.137 e. The molecular weight excluding hydrogens is 389 g/mol. The van der Waals surface area contributed by atoms with Gasteiger partial charge in [0.25, 0.3) is 0 Å². The zero-order valence-electron chi connectivity index (χ0n) is 10.7. The van der Waals surface area contributed by atoms with Crippen LogP contribution >= 0.6 is 31.9 Å². The predicted octanol–water partition coefficient (Wildman–Crippen LogP) is 4.43. The Morgan fingerprint density at radius 2 is 1.85 bits per heavy atom. The first-order valence-electron chi connectivity index (χ1n) is 6.16. The Kier molecular flexibility index (Phi) is 5.57.